The van der Waals surface area contributed by atoms with E-state index >= 15 is 0 Å². The van der Waals surface area contributed by atoms with Gasteiger partial charge in [-0.25, -0.2) is 20.4 Å². The highest BCUT2D eigenvalue weighted by Crippen LogP contribution is 2.09. The zero-order valence-electron chi connectivity index (χ0n) is 10.1. The lowest BCUT2D eigenvalue weighted by atomic mass is 10.2. The number of ether oxygens (including phenoxy) is 2. The number of amides is 1. The van der Waals surface area contributed by atoms with Crippen LogP contribution in [0.5, 0.6) is 0 Å². The summed E-state index contributed by atoms with van der Waals surface area (Å²) in [4.78, 5) is 22.5. The summed E-state index contributed by atoms with van der Waals surface area (Å²) in [7, 11) is 1.22. The van der Waals surface area contributed by atoms with Crippen molar-refractivity contribution in [2.45, 2.75) is 39.3 Å². The number of hydrazine groups is 1. The topological polar surface area (TPSA) is 81.9 Å². The van der Waals surface area contributed by atoms with Crippen molar-refractivity contribution in [2.24, 2.45) is 5.84 Å². The van der Waals surface area contributed by atoms with Gasteiger partial charge in [0.1, 0.15) is 11.6 Å². The normalized spacial score (nSPS) is 12.1. The number of carbonyl (C=O) groups is 2. The molecule has 0 aromatic rings. The third-order valence-electron chi connectivity index (χ3n) is 1.56. The molecule has 0 bridgehead atoms. The number of halogens is 1. The van der Waals surface area contributed by atoms with Crippen LogP contribution < -0.4 is 5.84 Å². The van der Waals surface area contributed by atoms with Crippen molar-refractivity contribution >= 4 is 24.5 Å². The van der Waals surface area contributed by atoms with E-state index in [0.29, 0.717) is 5.01 Å². The summed E-state index contributed by atoms with van der Waals surface area (Å²) >= 11 is 0. The van der Waals surface area contributed by atoms with E-state index in [1.54, 1.807) is 20.8 Å². The van der Waals surface area contributed by atoms with Crippen LogP contribution in [0.1, 0.15) is 27.7 Å². The van der Waals surface area contributed by atoms with E-state index in [9.17, 15) is 9.59 Å². The van der Waals surface area contributed by atoms with Gasteiger partial charge in [0.2, 0.25) is 0 Å². The molecule has 0 unspecified atom stereocenters. The Bertz CT molecular complexity index is 252. The first-order chi connectivity index (χ1) is 6.69. The lowest BCUT2D eigenvalue weighted by molar-refractivity contribution is -0.146. The number of nitrogens with two attached hydrogens (primary N) is 1. The SMILES string of the molecule is COC(=O)[C@@H](C)N(N)C(=O)OC(C)(C)C.Cl. The summed E-state index contributed by atoms with van der Waals surface area (Å²) in [6, 6.07) is -0.871. The van der Waals surface area contributed by atoms with Crippen molar-refractivity contribution in [1.82, 2.24) is 5.01 Å². The number of carbonyl (C=O) groups excluding carboxylic acids is 2. The Hall–Kier alpha value is -1.01. The van der Waals surface area contributed by atoms with Gasteiger partial charge in [0.15, 0.2) is 0 Å². The van der Waals surface area contributed by atoms with Crippen molar-refractivity contribution in [3.8, 4) is 0 Å². The van der Waals surface area contributed by atoms with Crippen molar-refractivity contribution in [2.75, 3.05) is 7.11 Å². The average Bonchev–Trinajstić information content (AvgIpc) is 2.11. The minimum absolute atomic E-state index is 0. The zero-order valence-corrected chi connectivity index (χ0v) is 11.0. The highest BCUT2D eigenvalue weighted by molar-refractivity contribution is 5.85. The van der Waals surface area contributed by atoms with Crippen molar-refractivity contribution in [3.05, 3.63) is 0 Å². The minimum Gasteiger partial charge on any atom is -0.467 e. The van der Waals surface area contributed by atoms with Crippen LogP contribution in [0.15, 0.2) is 0 Å². The molecule has 0 aromatic carbocycles. The molecule has 0 aliphatic heterocycles. The maximum absolute atomic E-state index is 11.4. The molecule has 16 heavy (non-hydrogen) atoms. The van der Waals surface area contributed by atoms with Crippen LogP contribution in [0.25, 0.3) is 0 Å². The van der Waals surface area contributed by atoms with Crippen molar-refractivity contribution in [3.63, 3.8) is 0 Å². The molecule has 6 nitrogen and oxygen atoms in total. The van der Waals surface area contributed by atoms with E-state index < -0.39 is 23.7 Å². The molecule has 0 fully saturated rings. The Labute approximate surface area is 101 Å². The largest absolute Gasteiger partial charge is 0.467 e. The van der Waals surface area contributed by atoms with Crippen LogP contribution in [-0.4, -0.2) is 35.8 Å². The molecule has 96 valence electrons. The first-order valence-electron chi connectivity index (χ1n) is 4.53. The van der Waals surface area contributed by atoms with Crippen LogP contribution in [0.2, 0.25) is 0 Å². The molecule has 0 spiro atoms. The Balaban J connectivity index is 0. The predicted octanol–water partition coefficient (Wildman–Crippen LogP) is 1.08. The van der Waals surface area contributed by atoms with Crippen LogP contribution in [0, 0.1) is 0 Å². The van der Waals surface area contributed by atoms with Crippen LogP contribution in [0.3, 0.4) is 0 Å². The molecular weight excluding hydrogens is 236 g/mol. The van der Waals surface area contributed by atoms with E-state index in [1.165, 1.54) is 14.0 Å². The highest BCUT2D eigenvalue weighted by Gasteiger charge is 2.28. The van der Waals surface area contributed by atoms with E-state index in [0.717, 1.165) is 0 Å². The van der Waals surface area contributed by atoms with Crippen LogP contribution >= 0.6 is 12.4 Å². The van der Waals surface area contributed by atoms with Gasteiger partial charge < -0.3 is 9.47 Å². The maximum Gasteiger partial charge on any atom is 0.425 e. The molecule has 1 atom stereocenters. The molecule has 0 heterocycles. The first kappa shape index (κ1) is 17.4. The number of methoxy groups -OCH3 is 1. The van der Waals surface area contributed by atoms with E-state index in [-0.39, 0.29) is 12.4 Å². The van der Waals surface area contributed by atoms with Gasteiger partial charge in [0, 0.05) is 0 Å². The van der Waals surface area contributed by atoms with Gasteiger partial charge in [0.05, 0.1) is 7.11 Å². The molecular formula is C9H19ClN2O4. The Morgan fingerprint density at radius 1 is 1.31 bits per heavy atom. The molecule has 1 amide bonds. The second kappa shape index (κ2) is 6.55. The summed E-state index contributed by atoms with van der Waals surface area (Å²) < 4.78 is 9.41. The third-order valence-corrected chi connectivity index (χ3v) is 1.56. The van der Waals surface area contributed by atoms with Gasteiger partial charge in [-0.05, 0) is 27.7 Å². The summed E-state index contributed by atoms with van der Waals surface area (Å²) in [6.45, 7) is 6.58. The van der Waals surface area contributed by atoms with Crippen LogP contribution in [0.4, 0.5) is 4.79 Å². The smallest absolute Gasteiger partial charge is 0.425 e. The lowest BCUT2D eigenvalue weighted by Crippen LogP contribution is -2.50. The average molecular weight is 255 g/mol. The quantitative estimate of drug-likeness (QED) is 0.345. The fraction of sp³-hybridized carbons (Fsp3) is 0.778. The zero-order chi connectivity index (χ0) is 12.2. The highest BCUT2D eigenvalue weighted by atomic mass is 35.5. The summed E-state index contributed by atoms with van der Waals surface area (Å²) in [5.74, 6) is 4.81. The third kappa shape index (κ3) is 5.77. The molecule has 7 heteroatoms. The summed E-state index contributed by atoms with van der Waals surface area (Å²) in [6.07, 6.45) is -0.764. The van der Waals surface area contributed by atoms with Gasteiger partial charge in [-0.3, -0.25) is 0 Å². The van der Waals surface area contributed by atoms with E-state index in [1.807, 2.05) is 0 Å². The number of nitrogens with zero attached hydrogens (tertiary/aromatic N) is 1. The van der Waals surface area contributed by atoms with Crippen molar-refractivity contribution < 1.29 is 19.1 Å². The lowest BCUT2D eigenvalue weighted by Gasteiger charge is -2.26. The predicted molar refractivity (Wildman–Crippen MR) is 61.0 cm³/mol. The maximum atomic E-state index is 11.4. The molecule has 0 aromatic heterocycles. The standard InChI is InChI=1S/C9H18N2O4.ClH/c1-6(7(12)14-5)11(10)8(13)15-9(2,3)4;/h6H,10H2,1-5H3;1H/t6-;/m1./s1. The summed E-state index contributed by atoms with van der Waals surface area (Å²) in [5.41, 5.74) is -0.648. The van der Waals surface area contributed by atoms with Gasteiger partial charge in [0.25, 0.3) is 0 Å². The number of rotatable bonds is 2. The Morgan fingerprint density at radius 3 is 2.06 bits per heavy atom. The van der Waals surface area contributed by atoms with E-state index in [4.69, 9.17) is 10.6 Å². The number of hydrogen-bond acceptors (Lipinski definition) is 5. The summed E-state index contributed by atoms with van der Waals surface area (Å²) in [5, 5.41) is 0.705. The molecule has 0 aliphatic rings. The first-order valence-corrected chi connectivity index (χ1v) is 4.53. The second-order valence-electron chi connectivity index (χ2n) is 4.09. The fourth-order valence-electron chi connectivity index (χ4n) is 0.757. The van der Waals surface area contributed by atoms with Gasteiger partial charge >= 0.3 is 12.1 Å². The number of hydrogen-bond donors (Lipinski definition) is 1. The Morgan fingerprint density at radius 2 is 1.75 bits per heavy atom. The minimum atomic E-state index is -0.871. The van der Waals surface area contributed by atoms with Gasteiger partial charge in [-0.1, -0.05) is 0 Å². The molecule has 0 saturated carbocycles. The fourth-order valence-corrected chi connectivity index (χ4v) is 0.757. The molecule has 0 radical (unpaired) electrons. The van der Waals surface area contributed by atoms with Gasteiger partial charge in [-0.15, -0.1) is 12.4 Å². The monoisotopic (exact) mass is 254 g/mol. The molecule has 2 N–H and O–H groups in total. The van der Waals surface area contributed by atoms with E-state index in [2.05, 4.69) is 4.74 Å². The number of esters is 1. The molecule has 0 aliphatic carbocycles. The molecule has 0 rings (SSSR count). The van der Waals surface area contributed by atoms with Gasteiger partial charge in [-0.2, -0.15) is 0 Å². The second-order valence-corrected chi connectivity index (χ2v) is 4.09. The Kier molecular flexibility index (Phi) is 7.11. The van der Waals surface area contributed by atoms with Crippen LogP contribution in [-0.2, 0) is 14.3 Å². The van der Waals surface area contributed by atoms with Crippen molar-refractivity contribution in [1.29, 1.82) is 0 Å². The molecule has 0 saturated heterocycles.